The van der Waals surface area contributed by atoms with Gasteiger partial charge in [0.25, 0.3) is 0 Å². The molecule has 1 N–H and O–H groups in total. The van der Waals surface area contributed by atoms with Crippen LogP contribution in [-0.2, 0) is 22.6 Å². The van der Waals surface area contributed by atoms with Crippen LogP contribution in [0.1, 0.15) is 24.0 Å². The summed E-state index contributed by atoms with van der Waals surface area (Å²) in [4.78, 5) is 11.1. The molecule has 0 aliphatic carbocycles. The van der Waals surface area contributed by atoms with Crippen LogP contribution in [0.15, 0.2) is 48.5 Å². The Morgan fingerprint density at radius 2 is 1.95 bits per heavy atom. The van der Waals surface area contributed by atoms with Crippen molar-refractivity contribution in [3.8, 4) is 11.5 Å². The number of hydrogen-bond donors (Lipinski definition) is 1. The molecular formula is C18H18O4. The van der Waals surface area contributed by atoms with Crippen molar-refractivity contribution in [3.63, 3.8) is 0 Å². The van der Waals surface area contributed by atoms with Crippen LogP contribution in [0.25, 0.3) is 0 Å². The van der Waals surface area contributed by atoms with Crippen molar-refractivity contribution in [2.24, 2.45) is 0 Å². The second kappa shape index (κ2) is 6.52. The molecule has 1 heterocycles. The molecule has 1 saturated heterocycles. The summed E-state index contributed by atoms with van der Waals surface area (Å²) in [5, 5.41) is 9.91. The van der Waals surface area contributed by atoms with Gasteiger partial charge in [-0.2, -0.15) is 0 Å². The number of hydrogen-bond acceptors (Lipinski definition) is 4. The van der Waals surface area contributed by atoms with Crippen LogP contribution in [0, 0.1) is 0 Å². The third-order valence-electron chi connectivity index (χ3n) is 3.69. The van der Waals surface area contributed by atoms with Crippen molar-refractivity contribution in [1.29, 1.82) is 0 Å². The molecule has 0 bridgehead atoms. The molecule has 0 unspecified atom stereocenters. The third kappa shape index (κ3) is 3.58. The van der Waals surface area contributed by atoms with E-state index >= 15 is 0 Å². The molecular weight excluding hydrogens is 280 g/mol. The highest BCUT2D eigenvalue weighted by Gasteiger charge is 2.23. The zero-order chi connectivity index (χ0) is 15.4. The van der Waals surface area contributed by atoms with Crippen molar-refractivity contribution in [2.45, 2.75) is 32.0 Å². The molecule has 4 nitrogen and oxygen atoms in total. The predicted molar refractivity (Wildman–Crippen MR) is 81.7 cm³/mol. The number of carbonyl (C=O) groups is 1. The van der Waals surface area contributed by atoms with Crippen molar-refractivity contribution in [1.82, 2.24) is 0 Å². The minimum absolute atomic E-state index is 0.0704. The first kappa shape index (κ1) is 14.4. The van der Waals surface area contributed by atoms with Crippen molar-refractivity contribution in [3.05, 3.63) is 59.7 Å². The Kier molecular flexibility index (Phi) is 4.28. The summed E-state index contributed by atoms with van der Waals surface area (Å²) in [5.41, 5.74) is 2.03. The van der Waals surface area contributed by atoms with E-state index in [9.17, 15) is 9.90 Å². The number of ether oxygens (including phenoxy) is 2. The lowest BCUT2D eigenvalue weighted by atomic mass is 10.1. The molecule has 114 valence electrons. The molecule has 2 aromatic carbocycles. The highest BCUT2D eigenvalue weighted by atomic mass is 16.5. The Bertz CT molecular complexity index is 651. The first-order valence-corrected chi connectivity index (χ1v) is 7.39. The maximum absolute atomic E-state index is 11.1. The van der Waals surface area contributed by atoms with Gasteiger partial charge in [-0.25, -0.2) is 0 Å². The molecule has 0 aromatic heterocycles. The van der Waals surface area contributed by atoms with Gasteiger partial charge in [-0.1, -0.05) is 36.4 Å². The van der Waals surface area contributed by atoms with Gasteiger partial charge in [0, 0.05) is 12.8 Å². The van der Waals surface area contributed by atoms with Crippen LogP contribution in [0.3, 0.4) is 0 Å². The smallest absolute Gasteiger partial charge is 0.306 e. The molecule has 0 saturated carbocycles. The highest BCUT2D eigenvalue weighted by Crippen LogP contribution is 2.29. The van der Waals surface area contributed by atoms with Gasteiger partial charge in [0.15, 0.2) is 11.5 Å². The van der Waals surface area contributed by atoms with E-state index in [1.807, 2.05) is 42.5 Å². The maximum atomic E-state index is 11.1. The average molecular weight is 298 g/mol. The molecule has 1 aliphatic heterocycles. The molecule has 22 heavy (non-hydrogen) atoms. The summed E-state index contributed by atoms with van der Waals surface area (Å²) in [7, 11) is 0. The topological polar surface area (TPSA) is 55.8 Å². The molecule has 0 spiro atoms. The quantitative estimate of drug-likeness (QED) is 0.861. The fraction of sp³-hybridized carbons (Fsp3) is 0.278. The van der Waals surface area contributed by atoms with Gasteiger partial charge in [-0.05, 0) is 29.7 Å². The van der Waals surface area contributed by atoms with Crippen LogP contribution >= 0.6 is 0 Å². The van der Waals surface area contributed by atoms with Crippen molar-refractivity contribution in [2.75, 3.05) is 0 Å². The maximum Gasteiger partial charge on any atom is 0.306 e. The van der Waals surface area contributed by atoms with Gasteiger partial charge in [0.1, 0.15) is 12.7 Å². The minimum atomic E-state index is -0.135. The van der Waals surface area contributed by atoms with Gasteiger partial charge in [0.05, 0.1) is 0 Å². The molecule has 0 radical (unpaired) electrons. The molecule has 2 aromatic rings. The van der Waals surface area contributed by atoms with E-state index < -0.39 is 0 Å². The fourth-order valence-electron chi connectivity index (χ4n) is 2.53. The van der Waals surface area contributed by atoms with Crippen LogP contribution in [-0.4, -0.2) is 17.2 Å². The van der Waals surface area contributed by atoms with E-state index in [4.69, 9.17) is 9.47 Å². The van der Waals surface area contributed by atoms with E-state index in [0.717, 1.165) is 17.5 Å². The van der Waals surface area contributed by atoms with E-state index in [2.05, 4.69) is 0 Å². The summed E-state index contributed by atoms with van der Waals surface area (Å²) < 4.78 is 10.9. The lowest BCUT2D eigenvalue weighted by Crippen LogP contribution is -2.10. The summed E-state index contributed by atoms with van der Waals surface area (Å²) in [6.07, 6.45) is 1.81. The molecule has 1 aliphatic rings. The monoisotopic (exact) mass is 298 g/mol. The Balaban J connectivity index is 1.66. The second-order valence-electron chi connectivity index (χ2n) is 5.43. The Labute approximate surface area is 129 Å². The highest BCUT2D eigenvalue weighted by molar-refractivity contribution is 5.71. The molecule has 3 rings (SSSR count). The first-order valence-electron chi connectivity index (χ1n) is 7.39. The summed E-state index contributed by atoms with van der Waals surface area (Å²) in [5.74, 6) is 0.429. The van der Waals surface area contributed by atoms with Gasteiger partial charge in [-0.15, -0.1) is 0 Å². The van der Waals surface area contributed by atoms with E-state index in [0.29, 0.717) is 25.2 Å². The Morgan fingerprint density at radius 3 is 2.68 bits per heavy atom. The summed E-state index contributed by atoms with van der Waals surface area (Å²) >= 11 is 0. The average Bonchev–Trinajstić information content (AvgIpc) is 2.94. The molecule has 1 atom stereocenters. The summed E-state index contributed by atoms with van der Waals surface area (Å²) in [6, 6.07) is 15.0. The normalized spacial score (nSPS) is 17.3. The second-order valence-corrected chi connectivity index (χ2v) is 5.43. The standard InChI is InChI=1S/C18H18O4/c19-16-8-6-14(10-15-7-9-18(20)22-15)11-17(16)21-12-13-4-2-1-3-5-13/h1-6,8,11,15,19H,7,9-10,12H2/t15-/m1/s1. The fourth-order valence-corrected chi connectivity index (χ4v) is 2.53. The first-order chi connectivity index (χ1) is 10.7. The lowest BCUT2D eigenvalue weighted by Gasteiger charge is -2.12. The number of carbonyl (C=O) groups excluding carboxylic acids is 1. The van der Waals surface area contributed by atoms with Crippen LogP contribution in [0.4, 0.5) is 0 Å². The van der Waals surface area contributed by atoms with Gasteiger partial charge < -0.3 is 14.6 Å². The Morgan fingerprint density at radius 1 is 1.14 bits per heavy atom. The predicted octanol–water partition coefficient (Wildman–Crippen LogP) is 3.22. The number of aromatic hydroxyl groups is 1. The number of esters is 1. The number of phenolic OH excluding ortho intramolecular Hbond substituents is 1. The number of phenols is 1. The largest absolute Gasteiger partial charge is 0.504 e. The molecule has 0 amide bonds. The van der Waals surface area contributed by atoms with E-state index in [1.54, 1.807) is 6.07 Å². The van der Waals surface area contributed by atoms with Gasteiger partial charge in [0.2, 0.25) is 0 Å². The minimum Gasteiger partial charge on any atom is -0.504 e. The third-order valence-corrected chi connectivity index (χ3v) is 3.69. The van der Waals surface area contributed by atoms with Crippen LogP contribution in [0.2, 0.25) is 0 Å². The van der Waals surface area contributed by atoms with E-state index in [-0.39, 0.29) is 17.8 Å². The van der Waals surface area contributed by atoms with Crippen molar-refractivity contribution < 1.29 is 19.4 Å². The molecule has 1 fully saturated rings. The van der Waals surface area contributed by atoms with Crippen LogP contribution in [0.5, 0.6) is 11.5 Å². The lowest BCUT2D eigenvalue weighted by molar-refractivity contribution is -0.141. The zero-order valence-corrected chi connectivity index (χ0v) is 12.2. The summed E-state index contributed by atoms with van der Waals surface area (Å²) in [6.45, 7) is 0.399. The molecule has 4 heteroatoms. The number of cyclic esters (lactones) is 1. The zero-order valence-electron chi connectivity index (χ0n) is 12.2. The van der Waals surface area contributed by atoms with Gasteiger partial charge >= 0.3 is 5.97 Å². The van der Waals surface area contributed by atoms with Crippen molar-refractivity contribution >= 4 is 5.97 Å². The number of benzene rings is 2. The van der Waals surface area contributed by atoms with E-state index in [1.165, 1.54) is 0 Å². The van der Waals surface area contributed by atoms with Gasteiger partial charge in [-0.3, -0.25) is 4.79 Å². The number of rotatable bonds is 5. The SMILES string of the molecule is O=C1CC[C@H](Cc2ccc(O)c(OCc3ccccc3)c2)O1. The van der Waals surface area contributed by atoms with Crippen LogP contribution < -0.4 is 4.74 Å². The Hall–Kier alpha value is -2.49.